The number of carbonyl (C=O) groups is 2. The van der Waals surface area contributed by atoms with Gasteiger partial charge in [0.05, 0.1) is 19.2 Å². The third-order valence-corrected chi connectivity index (χ3v) is 7.24. The summed E-state index contributed by atoms with van der Waals surface area (Å²) in [6, 6.07) is 7.33. The van der Waals surface area contributed by atoms with Gasteiger partial charge in [0.1, 0.15) is 17.7 Å². The summed E-state index contributed by atoms with van der Waals surface area (Å²) >= 11 is 0. The Balaban J connectivity index is 1.37. The van der Waals surface area contributed by atoms with Crippen LogP contribution in [0.5, 0.6) is 0 Å². The number of piperidine rings is 1. The van der Waals surface area contributed by atoms with Crippen molar-refractivity contribution < 1.29 is 14.3 Å². The molecule has 0 aliphatic carbocycles. The van der Waals surface area contributed by atoms with Crippen LogP contribution in [-0.4, -0.2) is 95.5 Å². The Kier molecular flexibility index (Phi) is 9.09. The predicted octanol–water partition coefficient (Wildman–Crippen LogP) is 2.76. The van der Waals surface area contributed by atoms with Gasteiger partial charge in [0.15, 0.2) is 0 Å². The van der Waals surface area contributed by atoms with Crippen LogP contribution in [-0.2, 0) is 20.9 Å². The zero-order valence-electron chi connectivity index (χ0n) is 21.9. The number of nitrogens with one attached hydrogen (secondary N) is 1. The van der Waals surface area contributed by atoms with Crippen LogP contribution in [0.3, 0.4) is 0 Å². The molecular formula is C27H40N6O3. The number of anilines is 1. The third-order valence-electron chi connectivity index (χ3n) is 7.24. The van der Waals surface area contributed by atoms with Gasteiger partial charge in [-0.1, -0.05) is 32.4 Å². The number of aromatic nitrogens is 2. The number of hydrogen-bond donors (Lipinski definition) is 1. The zero-order chi connectivity index (χ0) is 25.5. The Labute approximate surface area is 214 Å². The Bertz CT molecular complexity index is 1030. The molecule has 9 nitrogen and oxygen atoms in total. The molecule has 4 rings (SSSR count). The Morgan fingerprint density at radius 1 is 0.972 bits per heavy atom. The van der Waals surface area contributed by atoms with E-state index in [9.17, 15) is 9.59 Å². The number of methoxy groups -OCH3 is 1. The molecule has 1 amide bonds. The maximum atomic E-state index is 12.7. The van der Waals surface area contributed by atoms with E-state index in [4.69, 9.17) is 14.7 Å². The SMILES string of the molecule is COC(=O)[C@@H](Nc1nc(CN2CCN(C(=O)CCN3CCCCC3)CC2)nc2ccccc12)C(C)C. The fourth-order valence-electron chi connectivity index (χ4n) is 5.03. The van der Waals surface area contributed by atoms with Gasteiger partial charge in [-0.15, -0.1) is 0 Å². The maximum Gasteiger partial charge on any atom is 0.328 e. The zero-order valence-corrected chi connectivity index (χ0v) is 21.9. The van der Waals surface area contributed by atoms with E-state index in [0.29, 0.717) is 24.6 Å². The van der Waals surface area contributed by atoms with Crippen LogP contribution in [0.4, 0.5) is 5.82 Å². The second kappa shape index (κ2) is 12.5. The monoisotopic (exact) mass is 496 g/mol. The molecule has 2 aromatic rings. The Morgan fingerprint density at radius 2 is 1.69 bits per heavy atom. The van der Waals surface area contributed by atoms with E-state index in [1.54, 1.807) is 0 Å². The minimum Gasteiger partial charge on any atom is -0.467 e. The van der Waals surface area contributed by atoms with Crippen molar-refractivity contribution in [2.24, 2.45) is 5.92 Å². The van der Waals surface area contributed by atoms with Crippen molar-refractivity contribution in [3.63, 3.8) is 0 Å². The van der Waals surface area contributed by atoms with Gasteiger partial charge >= 0.3 is 5.97 Å². The number of fused-ring (bicyclic) bond motifs is 1. The van der Waals surface area contributed by atoms with Crippen molar-refractivity contribution in [3.8, 4) is 0 Å². The molecule has 9 heteroatoms. The van der Waals surface area contributed by atoms with Crippen LogP contribution in [0.25, 0.3) is 10.9 Å². The van der Waals surface area contributed by atoms with Crippen LogP contribution >= 0.6 is 0 Å². The number of likely N-dealkylation sites (tertiary alicyclic amines) is 1. The second-order valence-electron chi connectivity index (χ2n) is 10.2. The van der Waals surface area contributed by atoms with E-state index in [1.165, 1.54) is 26.4 Å². The predicted molar refractivity (Wildman–Crippen MR) is 141 cm³/mol. The molecule has 2 saturated heterocycles. The highest BCUT2D eigenvalue weighted by Gasteiger charge is 2.26. The molecule has 0 radical (unpaired) electrons. The summed E-state index contributed by atoms with van der Waals surface area (Å²) in [5, 5.41) is 4.19. The molecule has 36 heavy (non-hydrogen) atoms. The molecule has 0 unspecified atom stereocenters. The molecule has 1 aromatic heterocycles. The number of carbonyl (C=O) groups excluding carboxylic acids is 2. The van der Waals surface area contributed by atoms with E-state index in [-0.39, 0.29) is 17.8 Å². The number of esters is 1. The number of nitrogens with zero attached hydrogens (tertiary/aromatic N) is 5. The first-order valence-electron chi connectivity index (χ1n) is 13.3. The normalized spacial score (nSPS) is 18.4. The van der Waals surface area contributed by atoms with Crippen LogP contribution in [0.2, 0.25) is 0 Å². The standard InChI is InChI=1S/C27H40N6O3/c1-20(2)25(27(35)36-3)30-26-21-9-5-6-10-22(21)28-23(29-26)19-32-15-17-33(18-16-32)24(34)11-14-31-12-7-4-8-13-31/h5-6,9-10,20,25H,4,7-8,11-19H2,1-3H3,(H,28,29,30)/t25-/m0/s1. The summed E-state index contributed by atoms with van der Waals surface area (Å²) in [6.07, 6.45) is 4.43. The van der Waals surface area contributed by atoms with E-state index >= 15 is 0 Å². The van der Waals surface area contributed by atoms with Gasteiger partial charge < -0.3 is 19.9 Å². The molecule has 1 atom stereocenters. The highest BCUT2D eigenvalue weighted by molar-refractivity contribution is 5.91. The van der Waals surface area contributed by atoms with E-state index in [1.807, 2.05) is 43.0 Å². The molecule has 0 spiro atoms. The van der Waals surface area contributed by atoms with Crippen molar-refractivity contribution >= 4 is 28.6 Å². The van der Waals surface area contributed by atoms with Crippen LogP contribution in [0.15, 0.2) is 24.3 Å². The first-order chi connectivity index (χ1) is 17.4. The fourth-order valence-corrected chi connectivity index (χ4v) is 5.03. The van der Waals surface area contributed by atoms with Gasteiger partial charge in [0, 0.05) is 44.5 Å². The summed E-state index contributed by atoms with van der Waals surface area (Å²) in [5.74, 6) is 1.33. The van der Waals surface area contributed by atoms with Crippen LogP contribution in [0, 0.1) is 5.92 Å². The van der Waals surface area contributed by atoms with Gasteiger partial charge in [-0.2, -0.15) is 0 Å². The molecule has 2 aliphatic rings. The third kappa shape index (κ3) is 6.70. The van der Waals surface area contributed by atoms with Crippen molar-refractivity contribution in [1.29, 1.82) is 0 Å². The van der Waals surface area contributed by atoms with Gasteiger partial charge in [0.25, 0.3) is 0 Å². The average molecular weight is 497 g/mol. The van der Waals surface area contributed by atoms with Crippen molar-refractivity contribution in [3.05, 3.63) is 30.1 Å². The van der Waals surface area contributed by atoms with Crippen LogP contribution in [0.1, 0.15) is 45.4 Å². The Morgan fingerprint density at radius 3 is 2.39 bits per heavy atom. The van der Waals surface area contributed by atoms with Gasteiger partial charge in [0.2, 0.25) is 5.91 Å². The van der Waals surface area contributed by atoms with Crippen molar-refractivity contribution in [2.45, 2.75) is 52.1 Å². The van der Waals surface area contributed by atoms with Crippen LogP contribution < -0.4 is 5.32 Å². The maximum absolute atomic E-state index is 12.7. The number of benzene rings is 1. The Hall–Kier alpha value is -2.78. The van der Waals surface area contributed by atoms with E-state index < -0.39 is 6.04 Å². The molecule has 0 saturated carbocycles. The lowest BCUT2D eigenvalue weighted by Crippen LogP contribution is -2.49. The lowest BCUT2D eigenvalue weighted by molar-refractivity contribution is -0.142. The molecule has 196 valence electrons. The van der Waals surface area contributed by atoms with E-state index in [2.05, 4.69) is 15.1 Å². The summed E-state index contributed by atoms with van der Waals surface area (Å²) in [6.45, 7) is 10.7. The first-order valence-corrected chi connectivity index (χ1v) is 13.3. The second-order valence-corrected chi connectivity index (χ2v) is 10.2. The number of hydrogen-bond acceptors (Lipinski definition) is 8. The molecule has 0 bridgehead atoms. The van der Waals surface area contributed by atoms with Gasteiger partial charge in [-0.05, 0) is 44.0 Å². The molecule has 1 N–H and O–H groups in total. The van der Waals surface area contributed by atoms with Crippen molar-refractivity contribution in [1.82, 2.24) is 24.7 Å². The van der Waals surface area contributed by atoms with Crippen molar-refractivity contribution in [2.75, 3.05) is 58.2 Å². The summed E-state index contributed by atoms with van der Waals surface area (Å²) in [4.78, 5) is 41.4. The lowest BCUT2D eigenvalue weighted by atomic mass is 10.0. The highest BCUT2D eigenvalue weighted by atomic mass is 16.5. The summed E-state index contributed by atoms with van der Waals surface area (Å²) in [7, 11) is 1.40. The quantitative estimate of drug-likeness (QED) is 0.530. The number of para-hydroxylation sites is 1. The summed E-state index contributed by atoms with van der Waals surface area (Å²) in [5.41, 5.74) is 0.837. The molecule has 1 aromatic carbocycles. The minimum absolute atomic E-state index is 0.0372. The first kappa shape index (κ1) is 26.3. The van der Waals surface area contributed by atoms with Gasteiger partial charge in [-0.25, -0.2) is 14.8 Å². The molecular weight excluding hydrogens is 456 g/mol. The smallest absolute Gasteiger partial charge is 0.328 e. The van der Waals surface area contributed by atoms with E-state index in [0.717, 1.165) is 56.7 Å². The number of piperazine rings is 1. The lowest BCUT2D eigenvalue weighted by Gasteiger charge is -2.35. The minimum atomic E-state index is -0.499. The highest BCUT2D eigenvalue weighted by Crippen LogP contribution is 2.23. The summed E-state index contributed by atoms with van der Waals surface area (Å²) < 4.78 is 5.00. The largest absolute Gasteiger partial charge is 0.467 e. The number of ether oxygens (including phenoxy) is 1. The number of amides is 1. The molecule has 3 heterocycles. The number of rotatable bonds is 9. The molecule has 2 aliphatic heterocycles. The topological polar surface area (TPSA) is 90.9 Å². The van der Waals surface area contributed by atoms with Gasteiger partial charge in [-0.3, -0.25) is 9.69 Å². The fraction of sp³-hybridized carbons (Fsp3) is 0.630. The molecule has 2 fully saturated rings. The average Bonchev–Trinajstić information content (AvgIpc) is 2.90.